The van der Waals surface area contributed by atoms with Gasteiger partial charge in [0.2, 0.25) is 0 Å². The highest BCUT2D eigenvalue weighted by Crippen LogP contribution is 2.26. The Morgan fingerprint density at radius 1 is 1.29 bits per heavy atom. The molecule has 0 unspecified atom stereocenters. The molecule has 1 aliphatic carbocycles. The number of aromatic nitrogens is 1. The third-order valence-corrected chi connectivity index (χ3v) is 5.38. The van der Waals surface area contributed by atoms with E-state index in [1.165, 1.54) is 38.3 Å². The van der Waals surface area contributed by atoms with Crippen molar-refractivity contribution in [1.29, 1.82) is 0 Å². The average Bonchev–Trinajstić information content (AvgIpc) is 2.49. The summed E-state index contributed by atoms with van der Waals surface area (Å²) in [6, 6.07) is 3.48. The summed E-state index contributed by atoms with van der Waals surface area (Å²) < 4.78 is 27.4. The molecule has 1 aliphatic rings. The Morgan fingerprint density at radius 2 is 2.05 bits per heavy atom. The zero-order valence-electron chi connectivity index (χ0n) is 12.6. The lowest BCUT2D eigenvalue weighted by Gasteiger charge is -2.21. The molecule has 0 aliphatic heterocycles. The zero-order chi connectivity index (χ0) is 15.1. The topological polar surface area (TPSA) is 71.1 Å². The van der Waals surface area contributed by atoms with E-state index >= 15 is 0 Å². The lowest BCUT2D eigenvalue weighted by molar-refractivity contribution is 0.339. The number of hydrogen-bond donors (Lipinski definition) is 2. The summed E-state index contributed by atoms with van der Waals surface area (Å²) in [6.07, 6.45) is 8.77. The average molecular weight is 311 g/mol. The number of nitrogens with one attached hydrogen (secondary N) is 2. The van der Waals surface area contributed by atoms with Crippen molar-refractivity contribution in [1.82, 2.24) is 9.71 Å². The first-order chi connectivity index (χ1) is 10.1. The molecule has 0 saturated heterocycles. The molecule has 0 spiro atoms. The fourth-order valence-corrected chi connectivity index (χ4v) is 4.02. The molecule has 0 bridgehead atoms. The summed E-state index contributed by atoms with van der Waals surface area (Å²) in [4.78, 5) is 4.02. The number of hydrogen-bond acceptors (Lipinski definition) is 4. The van der Waals surface area contributed by atoms with Gasteiger partial charge in [0.15, 0.2) is 5.03 Å². The number of sulfonamides is 1. The van der Waals surface area contributed by atoms with Crippen LogP contribution in [0.15, 0.2) is 23.4 Å². The molecule has 21 heavy (non-hydrogen) atoms. The molecule has 1 aromatic rings. The minimum absolute atomic E-state index is 0.0931. The highest BCUT2D eigenvalue weighted by atomic mass is 32.2. The predicted molar refractivity (Wildman–Crippen MR) is 84.8 cm³/mol. The molecule has 1 aromatic heterocycles. The Kier molecular flexibility index (Phi) is 5.99. The Labute approximate surface area is 127 Å². The first kappa shape index (κ1) is 16.2. The number of nitrogens with zero attached hydrogens (tertiary/aromatic N) is 1. The second-order valence-corrected chi connectivity index (χ2v) is 7.26. The normalized spacial score (nSPS) is 16.8. The van der Waals surface area contributed by atoms with Crippen molar-refractivity contribution < 1.29 is 8.42 Å². The summed E-state index contributed by atoms with van der Waals surface area (Å²) in [5, 5.41) is 3.13. The van der Waals surface area contributed by atoms with Crippen molar-refractivity contribution >= 4 is 15.7 Å². The number of pyridine rings is 1. The van der Waals surface area contributed by atoms with Crippen LogP contribution in [0.25, 0.3) is 0 Å². The van der Waals surface area contributed by atoms with E-state index in [0.717, 1.165) is 6.42 Å². The van der Waals surface area contributed by atoms with Crippen LogP contribution in [0, 0.1) is 5.92 Å². The highest BCUT2D eigenvalue weighted by Gasteiger charge is 2.20. The number of rotatable bonds is 7. The van der Waals surface area contributed by atoms with Gasteiger partial charge in [-0.25, -0.2) is 18.1 Å². The van der Waals surface area contributed by atoms with E-state index in [1.807, 2.05) is 6.92 Å². The van der Waals surface area contributed by atoms with Crippen molar-refractivity contribution in [2.24, 2.45) is 5.92 Å². The van der Waals surface area contributed by atoms with Crippen molar-refractivity contribution in [3.05, 3.63) is 18.3 Å². The SMILES string of the molecule is CCNc1cccnc1S(=O)(=O)NCCC1CCCCC1. The van der Waals surface area contributed by atoms with Gasteiger partial charge in [0.05, 0.1) is 5.69 Å². The smallest absolute Gasteiger partial charge is 0.260 e. The zero-order valence-corrected chi connectivity index (χ0v) is 13.5. The van der Waals surface area contributed by atoms with E-state index in [2.05, 4.69) is 15.0 Å². The van der Waals surface area contributed by atoms with Crippen LogP contribution in [0.3, 0.4) is 0 Å². The quantitative estimate of drug-likeness (QED) is 0.812. The van der Waals surface area contributed by atoms with Crippen molar-refractivity contribution in [2.75, 3.05) is 18.4 Å². The Bertz CT molecular complexity index is 540. The van der Waals surface area contributed by atoms with Crippen LogP contribution in [-0.2, 0) is 10.0 Å². The molecule has 0 aromatic carbocycles. The molecule has 0 amide bonds. The van der Waals surface area contributed by atoms with Gasteiger partial charge in [-0.05, 0) is 31.4 Å². The fourth-order valence-electron chi connectivity index (χ4n) is 2.87. The molecule has 118 valence electrons. The standard InChI is InChI=1S/C15H25N3O2S/c1-2-16-14-9-6-11-17-15(14)21(19,20)18-12-10-13-7-4-3-5-8-13/h6,9,11,13,16,18H,2-5,7-8,10,12H2,1H3. The van der Waals surface area contributed by atoms with Gasteiger partial charge in [-0.2, -0.15) is 0 Å². The maximum Gasteiger partial charge on any atom is 0.260 e. The van der Waals surface area contributed by atoms with E-state index in [4.69, 9.17) is 0 Å². The lowest BCUT2D eigenvalue weighted by Crippen LogP contribution is -2.28. The third kappa shape index (κ3) is 4.68. The molecular weight excluding hydrogens is 286 g/mol. The van der Waals surface area contributed by atoms with E-state index in [0.29, 0.717) is 24.7 Å². The molecule has 2 rings (SSSR count). The summed E-state index contributed by atoms with van der Waals surface area (Å²) >= 11 is 0. The second kappa shape index (κ2) is 7.75. The summed E-state index contributed by atoms with van der Waals surface area (Å²) in [6.45, 7) is 3.09. The predicted octanol–water partition coefficient (Wildman–Crippen LogP) is 2.76. The lowest BCUT2D eigenvalue weighted by atomic mass is 9.87. The van der Waals surface area contributed by atoms with Gasteiger partial charge in [0, 0.05) is 19.3 Å². The molecule has 1 fully saturated rings. The van der Waals surface area contributed by atoms with Gasteiger partial charge in [0.1, 0.15) is 0 Å². The van der Waals surface area contributed by atoms with Gasteiger partial charge < -0.3 is 5.32 Å². The van der Waals surface area contributed by atoms with E-state index < -0.39 is 10.0 Å². The Balaban J connectivity index is 1.94. The number of anilines is 1. The van der Waals surface area contributed by atoms with Crippen molar-refractivity contribution in [2.45, 2.75) is 50.5 Å². The fraction of sp³-hybridized carbons (Fsp3) is 0.667. The largest absolute Gasteiger partial charge is 0.383 e. The van der Waals surface area contributed by atoms with Crippen LogP contribution >= 0.6 is 0 Å². The van der Waals surface area contributed by atoms with Crippen molar-refractivity contribution in [3.8, 4) is 0 Å². The van der Waals surface area contributed by atoms with Crippen LogP contribution in [0.5, 0.6) is 0 Å². The maximum absolute atomic E-state index is 12.4. The van der Waals surface area contributed by atoms with Crippen LogP contribution in [0.4, 0.5) is 5.69 Å². The Hall–Kier alpha value is -1.14. The second-order valence-electron chi connectivity index (χ2n) is 5.58. The minimum Gasteiger partial charge on any atom is -0.383 e. The van der Waals surface area contributed by atoms with Crippen LogP contribution in [0.2, 0.25) is 0 Å². The van der Waals surface area contributed by atoms with E-state index in [1.54, 1.807) is 12.1 Å². The molecule has 2 N–H and O–H groups in total. The van der Waals surface area contributed by atoms with Gasteiger partial charge in [-0.1, -0.05) is 32.1 Å². The molecule has 0 radical (unpaired) electrons. The summed E-state index contributed by atoms with van der Waals surface area (Å²) in [5.41, 5.74) is 0.560. The molecule has 1 saturated carbocycles. The molecular formula is C15H25N3O2S. The van der Waals surface area contributed by atoms with Gasteiger partial charge in [0.25, 0.3) is 10.0 Å². The van der Waals surface area contributed by atoms with Gasteiger partial charge in [-0.3, -0.25) is 0 Å². The van der Waals surface area contributed by atoms with Crippen molar-refractivity contribution in [3.63, 3.8) is 0 Å². The molecule has 0 atom stereocenters. The van der Waals surface area contributed by atoms with Crippen LogP contribution in [-0.4, -0.2) is 26.5 Å². The third-order valence-electron chi connectivity index (χ3n) is 3.96. The first-order valence-electron chi connectivity index (χ1n) is 7.82. The van der Waals surface area contributed by atoms with E-state index in [-0.39, 0.29) is 5.03 Å². The van der Waals surface area contributed by atoms with Gasteiger partial charge >= 0.3 is 0 Å². The molecule has 6 heteroatoms. The Morgan fingerprint density at radius 3 is 2.76 bits per heavy atom. The minimum atomic E-state index is -3.54. The molecule has 1 heterocycles. The summed E-state index contributed by atoms with van der Waals surface area (Å²) in [7, 11) is -3.54. The van der Waals surface area contributed by atoms with Crippen LogP contribution in [0.1, 0.15) is 45.4 Å². The molecule has 5 nitrogen and oxygen atoms in total. The summed E-state index contributed by atoms with van der Waals surface area (Å²) in [5.74, 6) is 0.665. The van der Waals surface area contributed by atoms with Gasteiger partial charge in [-0.15, -0.1) is 0 Å². The van der Waals surface area contributed by atoms with Crippen LogP contribution < -0.4 is 10.0 Å². The highest BCUT2D eigenvalue weighted by molar-refractivity contribution is 7.89. The monoisotopic (exact) mass is 311 g/mol. The first-order valence-corrected chi connectivity index (χ1v) is 9.30. The maximum atomic E-state index is 12.4. The van der Waals surface area contributed by atoms with E-state index in [9.17, 15) is 8.42 Å².